The predicted octanol–water partition coefficient (Wildman–Crippen LogP) is 1.70. The van der Waals surface area contributed by atoms with Crippen molar-refractivity contribution in [1.82, 2.24) is 15.1 Å². The van der Waals surface area contributed by atoms with E-state index in [1.165, 1.54) is 17.7 Å². The minimum Gasteiger partial charge on any atom is -0.319 e. The predicted molar refractivity (Wildman–Crippen MR) is 62.0 cm³/mol. The largest absolute Gasteiger partial charge is 0.319 e. The molecule has 1 aromatic rings. The molecule has 1 aliphatic rings. The van der Waals surface area contributed by atoms with Crippen LogP contribution in [0.1, 0.15) is 37.4 Å². The fourth-order valence-corrected chi connectivity index (χ4v) is 2.80. The molecule has 15 heavy (non-hydrogen) atoms. The van der Waals surface area contributed by atoms with Gasteiger partial charge >= 0.3 is 0 Å². The Morgan fingerprint density at radius 2 is 2.33 bits per heavy atom. The minimum absolute atomic E-state index is 0.414. The zero-order valence-electron chi connectivity index (χ0n) is 10.2. The van der Waals surface area contributed by atoms with Gasteiger partial charge in [0.15, 0.2) is 0 Å². The molecular formula is C12H21N3. The van der Waals surface area contributed by atoms with Gasteiger partial charge in [0.1, 0.15) is 0 Å². The van der Waals surface area contributed by atoms with Crippen molar-refractivity contribution in [1.29, 1.82) is 0 Å². The third-order valence-electron chi connectivity index (χ3n) is 3.24. The Kier molecular flexibility index (Phi) is 2.59. The quantitative estimate of drug-likeness (QED) is 0.800. The van der Waals surface area contributed by atoms with Crippen LogP contribution in [0.4, 0.5) is 0 Å². The van der Waals surface area contributed by atoms with Gasteiger partial charge in [-0.15, -0.1) is 0 Å². The summed E-state index contributed by atoms with van der Waals surface area (Å²) in [6.07, 6.45) is 4.58. The molecule has 1 N–H and O–H groups in total. The number of aryl methyl sites for hydroxylation is 1. The van der Waals surface area contributed by atoms with Gasteiger partial charge in [0.2, 0.25) is 0 Å². The van der Waals surface area contributed by atoms with Crippen molar-refractivity contribution in [2.75, 3.05) is 13.6 Å². The van der Waals surface area contributed by atoms with E-state index in [9.17, 15) is 0 Å². The second-order valence-electron chi connectivity index (χ2n) is 5.51. The molecule has 0 radical (unpaired) electrons. The summed E-state index contributed by atoms with van der Waals surface area (Å²) in [5, 5.41) is 7.87. The highest BCUT2D eigenvalue weighted by Gasteiger charge is 2.33. The molecule has 0 bridgehead atoms. The average Bonchev–Trinajstić information content (AvgIpc) is 2.44. The molecule has 0 spiro atoms. The standard InChI is InChI=1S/C12H21N3/c1-12(2)5-9(7-13-3)11-10(6-12)8-15(4)14-11/h8-9,13H,5-7H2,1-4H3. The lowest BCUT2D eigenvalue weighted by atomic mass is 9.71. The van der Waals surface area contributed by atoms with E-state index in [4.69, 9.17) is 0 Å². The zero-order valence-corrected chi connectivity index (χ0v) is 10.2. The molecule has 1 heterocycles. The lowest BCUT2D eigenvalue weighted by Crippen LogP contribution is -2.30. The van der Waals surface area contributed by atoms with Crippen LogP contribution >= 0.6 is 0 Å². The number of fused-ring (bicyclic) bond motifs is 1. The Hall–Kier alpha value is -0.830. The van der Waals surface area contributed by atoms with Crippen molar-refractivity contribution >= 4 is 0 Å². The molecule has 1 aliphatic carbocycles. The summed E-state index contributed by atoms with van der Waals surface area (Å²) in [4.78, 5) is 0. The lowest BCUT2D eigenvalue weighted by molar-refractivity contribution is 0.275. The number of aromatic nitrogens is 2. The molecule has 1 aromatic heterocycles. The smallest absolute Gasteiger partial charge is 0.0700 e. The molecule has 1 atom stereocenters. The fourth-order valence-electron chi connectivity index (χ4n) is 2.80. The van der Waals surface area contributed by atoms with E-state index in [1.807, 2.05) is 18.8 Å². The van der Waals surface area contributed by atoms with Gasteiger partial charge in [-0.25, -0.2) is 0 Å². The molecule has 1 unspecified atom stereocenters. The average molecular weight is 207 g/mol. The number of likely N-dealkylation sites (N-methyl/N-ethyl adjacent to an activating group) is 1. The highest BCUT2D eigenvalue weighted by atomic mass is 15.3. The highest BCUT2D eigenvalue weighted by molar-refractivity contribution is 5.26. The van der Waals surface area contributed by atoms with Gasteiger partial charge in [0.05, 0.1) is 5.69 Å². The third kappa shape index (κ3) is 2.07. The Bertz CT molecular complexity index is 352. The fraction of sp³-hybridized carbons (Fsp3) is 0.750. The van der Waals surface area contributed by atoms with Crippen LogP contribution in [0.25, 0.3) is 0 Å². The summed E-state index contributed by atoms with van der Waals surface area (Å²) >= 11 is 0. The van der Waals surface area contributed by atoms with Crippen LogP contribution in [0.5, 0.6) is 0 Å². The van der Waals surface area contributed by atoms with E-state index < -0.39 is 0 Å². The van der Waals surface area contributed by atoms with Crippen molar-refractivity contribution in [3.8, 4) is 0 Å². The second-order valence-corrected chi connectivity index (χ2v) is 5.51. The molecule has 0 aromatic carbocycles. The summed E-state index contributed by atoms with van der Waals surface area (Å²) in [7, 11) is 4.03. The molecule has 3 heteroatoms. The summed E-state index contributed by atoms with van der Waals surface area (Å²) in [5.41, 5.74) is 3.16. The maximum absolute atomic E-state index is 4.59. The monoisotopic (exact) mass is 207 g/mol. The Labute approximate surface area is 91.9 Å². The van der Waals surface area contributed by atoms with Crippen LogP contribution in [-0.4, -0.2) is 23.4 Å². The zero-order chi connectivity index (χ0) is 11.1. The van der Waals surface area contributed by atoms with E-state index in [-0.39, 0.29) is 0 Å². The van der Waals surface area contributed by atoms with E-state index in [1.54, 1.807) is 0 Å². The molecular weight excluding hydrogens is 186 g/mol. The summed E-state index contributed by atoms with van der Waals surface area (Å²) in [6, 6.07) is 0. The molecule has 84 valence electrons. The highest BCUT2D eigenvalue weighted by Crippen LogP contribution is 2.40. The van der Waals surface area contributed by atoms with E-state index in [2.05, 4.69) is 30.5 Å². The van der Waals surface area contributed by atoms with Crippen LogP contribution in [0.15, 0.2) is 6.20 Å². The normalized spacial score (nSPS) is 23.9. The second kappa shape index (κ2) is 3.63. The van der Waals surface area contributed by atoms with E-state index in [0.29, 0.717) is 11.3 Å². The summed E-state index contributed by atoms with van der Waals surface area (Å²) < 4.78 is 1.95. The molecule has 3 nitrogen and oxygen atoms in total. The number of rotatable bonds is 2. The van der Waals surface area contributed by atoms with Crippen molar-refractivity contribution < 1.29 is 0 Å². The maximum Gasteiger partial charge on any atom is 0.0700 e. The third-order valence-corrected chi connectivity index (χ3v) is 3.24. The van der Waals surface area contributed by atoms with E-state index in [0.717, 1.165) is 13.0 Å². The summed E-state index contributed by atoms with van der Waals surface area (Å²) in [5.74, 6) is 0.579. The van der Waals surface area contributed by atoms with Crippen LogP contribution in [-0.2, 0) is 13.5 Å². The van der Waals surface area contributed by atoms with Crippen LogP contribution in [0, 0.1) is 5.41 Å². The van der Waals surface area contributed by atoms with Crippen molar-refractivity contribution in [2.24, 2.45) is 12.5 Å². The van der Waals surface area contributed by atoms with E-state index >= 15 is 0 Å². The van der Waals surface area contributed by atoms with Gasteiger partial charge in [-0.2, -0.15) is 5.10 Å². The first kappa shape index (κ1) is 10.7. The number of hydrogen-bond donors (Lipinski definition) is 1. The van der Waals surface area contributed by atoms with Gasteiger partial charge < -0.3 is 5.32 Å². The van der Waals surface area contributed by atoms with Gasteiger partial charge in [0, 0.05) is 25.7 Å². The first-order chi connectivity index (χ1) is 7.02. The number of hydrogen-bond acceptors (Lipinski definition) is 2. The van der Waals surface area contributed by atoms with Crippen LogP contribution in [0.2, 0.25) is 0 Å². The molecule has 0 amide bonds. The van der Waals surface area contributed by atoms with Gasteiger partial charge in [-0.3, -0.25) is 4.68 Å². The molecule has 0 saturated carbocycles. The minimum atomic E-state index is 0.414. The molecule has 0 fully saturated rings. The topological polar surface area (TPSA) is 29.9 Å². The van der Waals surface area contributed by atoms with Gasteiger partial charge in [-0.05, 0) is 30.9 Å². The van der Waals surface area contributed by atoms with Crippen molar-refractivity contribution in [3.63, 3.8) is 0 Å². The van der Waals surface area contributed by atoms with Crippen LogP contribution in [0.3, 0.4) is 0 Å². The van der Waals surface area contributed by atoms with Crippen molar-refractivity contribution in [2.45, 2.75) is 32.6 Å². The van der Waals surface area contributed by atoms with Crippen molar-refractivity contribution in [3.05, 3.63) is 17.5 Å². The Morgan fingerprint density at radius 3 is 3.00 bits per heavy atom. The molecule has 2 rings (SSSR count). The first-order valence-electron chi connectivity index (χ1n) is 5.69. The molecule has 0 saturated heterocycles. The first-order valence-corrected chi connectivity index (χ1v) is 5.69. The number of nitrogens with zero attached hydrogens (tertiary/aromatic N) is 2. The Balaban J connectivity index is 2.33. The maximum atomic E-state index is 4.59. The van der Waals surface area contributed by atoms with Gasteiger partial charge in [-0.1, -0.05) is 13.8 Å². The van der Waals surface area contributed by atoms with Crippen LogP contribution < -0.4 is 5.32 Å². The van der Waals surface area contributed by atoms with Gasteiger partial charge in [0.25, 0.3) is 0 Å². The Morgan fingerprint density at radius 1 is 1.60 bits per heavy atom. The summed E-state index contributed by atoms with van der Waals surface area (Å²) in [6.45, 7) is 5.74. The number of nitrogens with one attached hydrogen (secondary N) is 1. The molecule has 0 aliphatic heterocycles. The lowest BCUT2D eigenvalue weighted by Gasteiger charge is -2.34. The SMILES string of the molecule is CNCC1CC(C)(C)Cc2cn(C)nc21.